The van der Waals surface area contributed by atoms with Gasteiger partial charge < -0.3 is 0 Å². The highest BCUT2D eigenvalue weighted by Crippen LogP contribution is 2.25. The van der Waals surface area contributed by atoms with E-state index >= 15 is 0 Å². The summed E-state index contributed by atoms with van der Waals surface area (Å²) in [6, 6.07) is 1.04. The molecule has 0 amide bonds. The monoisotopic (exact) mass is 245 g/mol. The molecule has 17 heavy (non-hydrogen) atoms. The summed E-state index contributed by atoms with van der Waals surface area (Å²) < 4.78 is 39.1. The number of nitro groups is 1. The standard InChI is InChI=1S/C11H10F3NO2/c1-2-3-7(6-15(16)17)8-4-10(13)11(14)5-9(8)12/h2,4-5,7H,1,3,6H2. The Labute approximate surface area is 95.7 Å². The van der Waals surface area contributed by atoms with Crippen LogP contribution in [0.2, 0.25) is 0 Å². The molecule has 1 unspecified atom stereocenters. The van der Waals surface area contributed by atoms with Crippen LogP contribution in [-0.4, -0.2) is 11.5 Å². The van der Waals surface area contributed by atoms with Gasteiger partial charge in [0, 0.05) is 16.6 Å². The highest BCUT2D eigenvalue weighted by atomic mass is 19.2. The molecule has 6 heteroatoms. The van der Waals surface area contributed by atoms with E-state index in [0.29, 0.717) is 12.1 Å². The Morgan fingerprint density at radius 2 is 1.88 bits per heavy atom. The van der Waals surface area contributed by atoms with E-state index in [1.807, 2.05) is 0 Å². The molecule has 0 N–H and O–H groups in total. The molecule has 0 heterocycles. The second-order valence-electron chi connectivity index (χ2n) is 3.52. The maximum Gasteiger partial charge on any atom is 0.211 e. The number of nitrogens with zero attached hydrogens (tertiary/aromatic N) is 1. The topological polar surface area (TPSA) is 43.1 Å². The van der Waals surface area contributed by atoms with E-state index in [4.69, 9.17) is 0 Å². The second kappa shape index (κ2) is 5.47. The zero-order chi connectivity index (χ0) is 13.0. The Bertz CT molecular complexity index is 449. The molecular weight excluding hydrogens is 235 g/mol. The van der Waals surface area contributed by atoms with Gasteiger partial charge in [0.1, 0.15) is 5.82 Å². The summed E-state index contributed by atoms with van der Waals surface area (Å²) in [6.07, 6.45) is 1.48. The predicted octanol–water partition coefficient (Wildman–Crippen LogP) is 3.04. The van der Waals surface area contributed by atoms with Gasteiger partial charge in [-0.25, -0.2) is 13.2 Å². The molecule has 1 rings (SSSR count). The summed E-state index contributed by atoms with van der Waals surface area (Å²) in [5, 5.41) is 10.4. The van der Waals surface area contributed by atoms with Gasteiger partial charge in [0.2, 0.25) is 6.54 Å². The third-order valence-electron chi connectivity index (χ3n) is 2.30. The van der Waals surface area contributed by atoms with Crippen molar-refractivity contribution in [2.24, 2.45) is 0 Å². The lowest BCUT2D eigenvalue weighted by atomic mass is 9.95. The third-order valence-corrected chi connectivity index (χ3v) is 2.30. The molecule has 1 aromatic rings. The minimum absolute atomic E-state index is 0.114. The van der Waals surface area contributed by atoms with Crippen LogP contribution < -0.4 is 0 Å². The molecule has 0 saturated carbocycles. The number of rotatable bonds is 5. The van der Waals surface area contributed by atoms with E-state index in [1.54, 1.807) is 0 Å². The summed E-state index contributed by atoms with van der Waals surface area (Å²) >= 11 is 0. The van der Waals surface area contributed by atoms with E-state index in [-0.39, 0.29) is 12.0 Å². The molecular formula is C11H10F3NO2. The van der Waals surface area contributed by atoms with Crippen molar-refractivity contribution in [3.05, 3.63) is 57.9 Å². The fourth-order valence-electron chi connectivity index (χ4n) is 1.53. The van der Waals surface area contributed by atoms with Crippen molar-refractivity contribution in [2.45, 2.75) is 12.3 Å². The van der Waals surface area contributed by atoms with E-state index in [9.17, 15) is 23.3 Å². The third kappa shape index (κ3) is 3.30. The summed E-state index contributed by atoms with van der Waals surface area (Å²) in [5.41, 5.74) is -0.208. The fourth-order valence-corrected chi connectivity index (χ4v) is 1.53. The Hall–Kier alpha value is -1.85. The minimum Gasteiger partial charge on any atom is -0.265 e. The highest BCUT2D eigenvalue weighted by Gasteiger charge is 2.22. The van der Waals surface area contributed by atoms with Gasteiger partial charge in [0.15, 0.2) is 11.6 Å². The number of hydrogen-bond donors (Lipinski definition) is 0. The van der Waals surface area contributed by atoms with Crippen LogP contribution in [0.4, 0.5) is 13.2 Å². The van der Waals surface area contributed by atoms with Gasteiger partial charge in [-0.1, -0.05) is 6.08 Å². The van der Waals surface area contributed by atoms with Crippen molar-refractivity contribution in [2.75, 3.05) is 6.54 Å². The van der Waals surface area contributed by atoms with Crippen molar-refractivity contribution in [1.82, 2.24) is 0 Å². The van der Waals surface area contributed by atoms with Gasteiger partial charge in [0.05, 0.1) is 5.92 Å². The van der Waals surface area contributed by atoms with Gasteiger partial charge >= 0.3 is 0 Å². The first-order valence-electron chi connectivity index (χ1n) is 4.82. The van der Waals surface area contributed by atoms with E-state index in [1.165, 1.54) is 6.08 Å². The van der Waals surface area contributed by atoms with Crippen molar-refractivity contribution in [1.29, 1.82) is 0 Å². The van der Waals surface area contributed by atoms with Crippen LogP contribution in [0.1, 0.15) is 17.9 Å². The van der Waals surface area contributed by atoms with Crippen LogP contribution in [0, 0.1) is 27.6 Å². The molecule has 0 aliphatic carbocycles. The van der Waals surface area contributed by atoms with Crippen LogP contribution in [0.3, 0.4) is 0 Å². The molecule has 92 valence electrons. The quantitative estimate of drug-likeness (QED) is 0.346. The van der Waals surface area contributed by atoms with Crippen molar-refractivity contribution >= 4 is 0 Å². The Kier molecular flexibility index (Phi) is 4.25. The SMILES string of the molecule is C=CCC(C[N+](=O)[O-])c1cc(F)c(F)cc1F. The average molecular weight is 245 g/mol. The molecule has 0 aromatic heterocycles. The number of benzene rings is 1. The van der Waals surface area contributed by atoms with Crippen LogP contribution in [-0.2, 0) is 0 Å². The molecule has 0 radical (unpaired) electrons. The summed E-state index contributed by atoms with van der Waals surface area (Å²) in [6.45, 7) is 2.83. The molecule has 0 aliphatic rings. The minimum atomic E-state index is -1.32. The number of allylic oxidation sites excluding steroid dienone is 1. The molecule has 1 atom stereocenters. The lowest BCUT2D eigenvalue weighted by Gasteiger charge is -2.12. The zero-order valence-corrected chi connectivity index (χ0v) is 8.83. The van der Waals surface area contributed by atoms with Crippen molar-refractivity contribution < 1.29 is 18.1 Å². The maximum absolute atomic E-state index is 13.4. The van der Waals surface area contributed by atoms with Crippen LogP contribution in [0.15, 0.2) is 24.8 Å². The van der Waals surface area contributed by atoms with Gasteiger partial charge in [-0.3, -0.25) is 10.1 Å². The van der Waals surface area contributed by atoms with E-state index < -0.39 is 34.8 Å². The first-order chi connectivity index (χ1) is 7.95. The normalized spacial score (nSPS) is 12.2. The van der Waals surface area contributed by atoms with E-state index in [2.05, 4.69) is 6.58 Å². The molecule has 0 fully saturated rings. The Balaban J connectivity index is 3.12. The number of halogens is 3. The Morgan fingerprint density at radius 3 is 2.41 bits per heavy atom. The van der Waals surface area contributed by atoms with Crippen LogP contribution in [0.25, 0.3) is 0 Å². The van der Waals surface area contributed by atoms with E-state index in [0.717, 1.165) is 0 Å². The highest BCUT2D eigenvalue weighted by molar-refractivity contribution is 5.24. The first-order valence-corrected chi connectivity index (χ1v) is 4.82. The molecule has 0 spiro atoms. The fraction of sp³-hybridized carbons (Fsp3) is 0.273. The summed E-state index contributed by atoms with van der Waals surface area (Å²) in [4.78, 5) is 9.77. The molecule has 0 saturated heterocycles. The van der Waals surface area contributed by atoms with Crippen molar-refractivity contribution in [3.8, 4) is 0 Å². The van der Waals surface area contributed by atoms with Gasteiger partial charge in [0.25, 0.3) is 0 Å². The van der Waals surface area contributed by atoms with Gasteiger partial charge in [-0.15, -0.1) is 6.58 Å². The Morgan fingerprint density at radius 1 is 1.29 bits per heavy atom. The predicted molar refractivity (Wildman–Crippen MR) is 55.7 cm³/mol. The van der Waals surface area contributed by atoms with Gasteiger partial charge in [-0.2, -0.15) is 0 Å². The maximum atomic E-state index is 13.4. The average Bonchev–Trinajstić information content (AvgIpc) is 2.22. The lowest BCUT2D eigenvalue weighted by Crippen LogP contribution is -2.14. The lowest BCUT2D eigenvalue weighted by molar-refractivity contribution is -0.483. The first kappa shape index (κ1) is 13.2. The second-order valence-corrected chi connectivity index (χ2v) is 3.52. The largest absolute Gasteiger partial charge is 0.265 e. The molecule has 3 nitrogen and oxygen atoms in total. The van der Waals surface area contributed by atoms with Crippen molar-refractivity contribution in [3.63, 3.8) is 0 Å². The smallest absolute Gasteiger partial charge is 0.211 e. The number of hydrogen-bond acceptors (Lipinski definition) is 2. The molecule has 1 aromatic carbocycles. The van der Waals surface area contributed by atoms with Gasteiger partial charge in [-0.05, 0) is 12.5 Å². The summed E-state index contributed by atoms with van der Waals surface area (Å²) in [7, 11) is 0. The summed E-state index contributed by atoms with van der Waals surface area (Å²) in [5.74, 6) is -4.38. The molecule has 0 aliphatic heterocycles. The zero-order valence-electron chi connectivity index (χ0n) is 8.83. The molecule has 0 bridgehead atoms. The van der Waals surface area contributed by atoms with Crippen LogP contribution >= 0.6 is 0 Å². The van der Waals surface area contributed by atoms with Crippen LogP contribution in [0.5, 0.6) is 0 Å².